The van der Waals surface area contributed by atoms with E-state index in [0.717, 1.165) is 6.08 Å². The molecular formula is C8H14O3. The first kappa shape index (κ1) is 10.2. The second kappa shape index (κ2) is 3.53. The van der Waals surface area contributed by atoms with Gasteiger partial charge in [0.25, 0.3) is 0 Å². The van der Waals surface area contributed by atoms with Crippen LogP contribution in [-0.2, 0) is 9.53 Å². The first-order valence-corrected chi connectivity index (χ1v) is 3.40. The molecule has 0 saturated heterocycles. The summed E-state index contributed by atoms with van der Waals surface area (Å²) in [6.45, 7) is 8.47. The summed E-state index contributed by atoms with van der Waals surface area (Å²) >= 11 is 0. The number of esters is 1. The number of carbonyl (C=O) groups is 1. The Morgan fingerprint density at radius 2 is 2.09 bits per heavy atom. The summed E-state index contributed by atoms with van der Waals surface area (Å²) in [6, 6.07) is 0. The first-order chi connectivity index (χ1) is 4.87. The van der Waals surface area contributed by atoms with Gasteiger partial charge in [0.15, 0.2) is 6.10 Å². The molecule has 11 heavy (non-hydrogen) atoms. The summed E-state index contributed by atoms with van der Waals surface area (Å²) in [4.78, 5) is 10.8. The summed E-state index contributed by atoms with van der Waals surface area (Å²) in [6.07, 6.45) is -0.0807. The molecule has 1 unspecified atom stereocenters. The van der Waals surface area contributed by atoms with Crippen LogP contribution in [0.1, 0.15) is 20.8 Å². The van der Waals surface area contributed by atoms with Crippen molar-refractivity contribution in [1.82, 2.24) is 0 Å². The SMILES string of the molecule is C=CC(O)C(=O)OC(C)(C)C. The standard InChI is InChI=1S/C8H14O3/c1-5-6(9)7(10)11-8(2,3)4/h5-6,9H,1H2,2-4H3. The molecule has 1 N–H and O–H groups in total. The fourth-order valence-electron chi connectivity index (χ4n) is 0.458. The molecule has 0 aliphatic carbocycles. The number of ether oxygens (including phenoxy) is 1. The Morgan fingerprint density at radius 3 is 2.36 bits per heavy atom. The van der Waals surface area contributed by atoms with E-state index in [1.165, 1.54) is 0 Å². The Kier molecular flexibility index (Phi) is 3.26. The van der Waals surface area contributed by atoms with E-state index in [1.54, 1.807) is 20.8 Å². The molecule has 0 radical (unpaired) electrons. The smallest absolute Gasteiger partial charge is 0.339 e. The zero-order chi connectivity index (χ0) is 9.07. The fourth-order valence-corrected chi connectivity index (χ4v) is 0.458. The van der Waals surface area contributed by atoms with E-state index in [1.807, 2.05) is 0 Å². The van der Waals surface area contributed by atoms with E-state index in [-0.39, 0.29) is 0 Å². The largest absolute Gasteiger partial charge is 0.458 e. The van der Waals surface area contributed by atoms with Gasteiger partial charge in [0.1, 0.15) is 5.60 Å². The van der Waals surface area contributed by atoms with Gasteiger partial charge in [-0.3, -0.25) is 0 Å². The predicted octanol–water partition coefficient (Wildman–Crippen LogP) is 0.875. The van der Waals surface area contributed by atoms with E-state index in [0.29, 0.717) is 0 Å². The van der Waals surface area contributed by atoms with Gasteiger partial charge < -0.3 is 9.84 Å². The molecule has 0 heterocycles. The normalized spacial score (nSPS) is 13.8. The highest BCUT2D eigenvalue weighted by Gasteiger charge is 2.20. The van der Waals surface area contributed by atoms with Crippen molar-refractivity contribution in [2.45, 2.75) is 32.5 Å². The van der Waals surface area contributed by atoms with E-state index in [2.05, 4.69) is 6.58 Å². The maximum atomic E-state index is 10.8. The highest BCUT2D eigenvalue weighted by Crippen LogP contribution is 2.08. The molecule has 0 bridgehead atoms. The second-order valence-corrected chi connectivity index (χ2v) is 3.21. The quantitative estimate of drug-likeness (QED) is 0.479. The lowest BCUT2D eigenvalue weighted by atomic mass is 10.2. The van der Waals surface area contributed by atoms with Crippen LogP contribution < -0.4 is 0 Å². The van der Waals surface area contributed by atoms with Gasteiger partial charge in [0, 0.05) is 0 Å². The van der Waals surface area contributed by atoms with E-state index in [4.69, 9.17) is 9.84 Å². The zero-order valence-electron chi connectivity index (χ0n) is 7.13. The third-order valence-corrected chi connectivity index (χ3v) is 0.872. The van der Waals surface area contributed by atoms with Crippen molar-refractivity contribution >= 4 is 5.97 Å². The number of aliphatic hydroxyl groups is 1. The number of hydrogen-bond acceptors (Lipinski definition) is 3. The molecule has 0 aromatic rings. The molecule has 0 aliphatic heterocycles. The Morgan fingerprint density at radius 1 is 1.64 bits per heavy atom. The lowest BCUT2D eigenvalue weighted by Gasteiger charge is -2.20. The highest BCUT2D eigenvalue weighted by molar-refractivity contribution is 5.76. The average Bonchev–Trinajstić information content (AvgIpc) is 1.82. The molecule has 0 rings (SSSR count). The van der Waals surface area contributed by atoms with Crippen LogP contribution in [0.2, 0.25) is 0 Å². The van der Waals surface area contributed by atoms with Gasteiger partial charge in [-0.05, 0) is 20.8 Å². The van der Waals surface area contributed by atoms with Crippen molar-refractivity contribution in [3.8, 4) is 0 Å². The molecule has 0 aliphatic rings. The van der Waals surface area contributed by atoms with E-state index < -0.39 is 17.7 Å². The minimum Gasteiger partial charge on any atom is -0.458 e. The lowest BCUT2D eigenvalue weighted by Crippen LogP contribution is -2.30. The van der Waals surface area contributed by atoms with Crippen LogP contribution in [0, 0.1) is 0 Å². The van der Waals surface area contributed by atoms with Gasteiger partial charge in [0.2, 0.25) is 0 Å². The third kappa shape index (κ3) is 4.56. The molecule has 0 aromatic carbocycles. The van der Waals surface area contributed by atoms with Crippen LogP contribution in [0.5, 0.6) is 0 Å². The average molecular weight is 158 g/mol. The van der Waals surface area contributed by atoms with Crippen LogP contribution in [0.3, 0.4) is 0 Å². The van der Waals surface area contributed by atoms with Crippen molar-refractivity contribution in [2.75, 3.05) is 0 Å². The molecule has 0 aromatic heterocycles. The maximum absolute atomic E-state index is 10.8. The highest BCUT2D eigenvalue weighted by atomic mass is 16.6. The van der Waals surface area contributed by atoms with Gasteiger partial charge in [-0.25, -0.2) is 4.79 Å². The van der Waals surface area contributed by atoms with E-state index in [9.17, 15) is 4.79 Å². The topological polar surface area (TPSA) is 46.5 Å². The van der Waals surface area contributed by atoms with Crippen molar-refractivity contribution in [3.63, 3.8) is 0 Å². The van der Waals surface area contributed by atoms with Crippen LogP contribution >= 0.6 is 0 Å². The van der Waals surface area contributed by atoms with Gasteiger partial charge in [-0.15, -0.1) is 0 Å². The summed E-state index contributed by atoms with van der Waals surface area (Å²) in [5, 5.41) is 8.90. The minimum absolute atomic E-state index is 0.554. The number of rotatable bonds is 2. The Bertz CT molecular complexity index is 155. The van der Waals surface area contributed by atoms with Crippen LogP contribution in [0.15, 0.2) is 12.7 Å². The van der Waals surface area contributed by atoms with Gasteiger partial charge in [0.05, 0.1) is 0 Å². The number of aliphatic hydroxyl groups excluding tert-OH is 1. The van der Waals surface area contributed by atoms with Crippen LogP contribution in [-0.4, -0.2) is 22.8 Å². The molecule has 3 heteroatoms. The molecule has 64 valence electrons. The summed E-state index contributed by atoms with van der Waals surface area (Å²) in [5.74, 6) is -0.660. The fraction of sp³-hybridized carbons (Fsp3) is 0.625. The molecule has 0 spiro atoms. The Balaban J connectivity index is 3.98. The van der Waals surface area contributed by atoms with Crippen molar-refractivity contribution in [3.05, 3.63) is 12.7 Å². The summed E-state index contributed by atoms with van der Waals surface area (Å²) in [5.41, 5.74) is -0.554. The number of hydrogen-bond donors (Lipinski definition) is 1. The molecule has 0 saturated carbocycles. The van der Waals surface area contributed by atoms with Crippen LogP contribution in [0.4, 0.5) is 0 Å². The second-order valence-electron chi connectivity index (χ2n) is 3.21. The molecule has 0 amide bonds. The van der Waals surface area contributed by atoms with Crippen molar-refractivity contribution in [2.24, 2.45) is 0 Å². The summed E-state index contributed by atoms with van der Waals surface area (Å²) < 4.78 is 4.83. The maximum Gasteiger partial charge on any atom is 0.339 e. The Labute approximate surface area is 66.7 Å². The number of carbonyl (C=O) groups excluding carboxylic acids is 1. The molecule has 0 fully saturated rings. The lowest BCUT2D eigenvalue weighted by molar-refractivity contribution is -0.162. The summed E-state index contributed by atoms with van der Waals surface area (Å²) in [7, 11) is 0. The predicted molar refractivity (Wildman–Crippen MR) is 42.0 cm³/mol. The Hall–Kier alpha value is -0.830. The van der Waals surface area contributed by atoms with Gasteiger partial charge in [-0.2, -0.15) is 0 Å². The molecular weight excluding hydrogens is 144 g/mol. The van der Waals surface area contributed by atoms with Crippen molar-refractivity contribution in [1.29, 1.82) is 0 Å². The van der Waals surface area contributed by atoms with Crippen molar-refractivity contribution < 1.29 is 14.6 Å². The monoisotopic (exact) mass is 158 g/mol. The first-order valence-electron chi connectivity index (χ1n) is 3.40. The third-order valence-electron chi connectivity index (χ3n) is 0.872. The van der Waals surface area contributed by atoms with Gasteiger partial charge in [-0.1, -0.05) is 12.7 Å². The minimum atomic E-state index is -1.21. The van der Waals surface area contributed by atoms with Gasteiger partial charge >= 0.3 is 5.97 Å². The van der Waals surface area contributed by atoms with E-state index >= 15 is 0 Å². The molecule has 1 atom stereocenters. The molecule has 3 nitrogen and oxygen atoms in total. The zero-order valence-corrected chi connectivity index (χ0v) is 7.13. The van der Waals surface area contributed by atoms with Crippen LogP contribution in [0.25, 0.3) is 0 Å².